The number of halogens is 2. The van der Waals surface area contributed by atoms with E-state index in [4.69, 9.17) is 0 Å². The number of nitrogens with one attached hydrogen (secondary N) is 1. The molecular weight excluding hydrogens is 321 g/mol. The lowest BCUT2D eigenvalue weighted by Gasteiger charge is -2.07. The first-order valence-electron chi connectivity index (χ1n) is 6.45. The fraction of sp³-hybridized carbons (Fsp3) is 0.188. The van der Waals surface area contributed by atoms with Gasteiger partial charge in [-0.25, -0.2) is 4.39 Å². The maximum atomic E-state index is 13.4. The average Bonchev–Trinajstić information content (AvgIpc) is 2.44. The molecule has 0 aromatic heterocycles. The van der Waals surface area contributed by atoms with Gasteiger partial charge in [-0.15, -0.1) is 0 Å². The van der Waals surface area contributed by atoms with E-state index < -0.39 is 5.82 Å². The van der Waals surface area contributed by atoms with Crippen molar-refractivity contribution in [3.63, 3.8) is 0 Å². The maximum Gasteiger partial charge on any atom is 0.255 e. The number of amides is 1. The van der Waals surface area contributed by atoms with Crippen molar-refractivity contribution in [3.8, 4) is 0 Å². The molecule has 0 aliphatic carbocycles. The van der Waals surface area contributed by atoms with Gasteiger partial charge in [-0.1, -0.05) is 25.5 Å². The predicted octanol–water partition coefficient (Wildman–Crippen LogP) is 4.79. The molecule has 0 saturated carbocycles. The fourth-order valence-corrected chi connectivity index (χ4v) is 2.13. The zero-order valence-electron chi connectivity index (χ0n) is 11.1. The molecule has 0 radical (unpaired) electrons. The van der Waals surface area contributed by atoms with Gasteiger partial charge in [-0.3, -0.25) is 4.79 Å². The zero-order chi connectivity index (χ0) is 14.5. The minimum atomic E-state index is -0.448. The molecule has 0 aliphatic heterocycles. The van der Waals surface area contributed by atoms with Gasteiger partial charge in [0.2, 0.25) is 0 Å². The Morgan fingerprint density at radius 3 is 2.50 bits per heavy atom. The van der Waals surface area contributed by atoms with Gasteiger partial charge in [0.15, 0.2) is 0 Å². The van der Waals surface area contributed by atoms with Gasteiger partial charge < -0.3 is 5.32 Å². The SMILES string of the molecule is CCCc1ccc(NC(=O)c2ccc(Br)c(F)c2)cc1. The van der Waals surface area contributed by atoms with Crippen LogP contribution in [0.2, 0.25) is 0 Å². The first-order valence-corrected chi connectivity index (χ1v) is 7.25. The minimum Gasteiger partial charge on any atom is -0.322 e. The van der Waals surface area contributed by atoms with E-state index in [1.807, 2.05) is 24.3 Å². The Kier molecular flexibility index (Phi) is 4.90. The largest absolute Gasteiger partial charge is 0.322 e. The Morgan fingerprint density at radius 2 is 1.90 bits per heavy atom. The normalized spacial score (nSPS) is 10.3. The van der Waals surface area contributed by atoms with E-state index in [0.29, 0.717) is 15.7 Å². The summed E-state index contributed by atoms with van der Waals surface area (Å²) in [5.41, 5.74) is 2.24. The van der Waals surface area contributed by atoms with E-state index >= 15 is 0 Å². The van der Waals surface area contributed by atoms with Crippen LogP contribution in [0.3, 0.4) is 0 Å². The van der Waals surface area contributed by atoms with Crippen LogP contribution in [0, 0.1) is 5.82 Å². The van der Waals surface area contributed by atoms with Crippen molar-refractivity contribution in [3.05, 3.63) is 63.9 Å². The predicted molar refractivity (Wildman–Crippen MR) is 82.5 cm³/mol. The van der Waals surface area contributed by atoms with E-state index in [9.17, 15) is 9.18 Å². The number of carbonyl (C=O) groups is 1. The van der Waals surface area contributed by atoms with Crippen LogP contribution < -0.4 is 5.32 Å². The van der Waals surface area contributed by atoms with E-state index in [1.165, 1.54) is 17.7 Å². The summed E-state index contributed by atoms with van der Waals surface area (Å²) in [5, 5.41) is 2.75. The standard InChI is InChI=1S/C16H15BrFNO/c1-2-3-11-4-7-13(8-5-11)19-16(20)12-6-9-14(17)15(18)10-12/h4-10H,2-3H2,1H3,(H,19,20). The second-order valence-electron chi connectivity index (χ2n) is 4.53. The Labute approximate surface area is 126 Å². The molecule has 0 saturated heterocycles. The van der Waals surface area contributed by atoms with Crippen molar-refractivity contribution in [1.82, 2.24) is 0 Å². The van der Waals surface area contributed by atoms with E-state index in [-0.39, 0.29) is 5.91 Å². The minimum absolute atomic E-state index is 0.295. The van der Waals surface area contributed by atoms with Crippen LogP contribution in [-0.4, -0.2) is 5.91 Å². The third-order valence-electron chi connectivity index (χ3n) is 2.93. The van der Waals surface area contributed by atoms with Crippen LogP contribution in [-0.2, 0) is 6.42 Å². The van der Waals surface area contributed by atoms with Gasteiger partial charge in [0.05, 0.1) is 4.47 Å². The fourth-order valence-electron chi connectivity index (χ4n) is 1.88. The van der Waals surface area contributed by atoms with Crippen molar-refractivity contribution in [2.45, 2.75) is 19.8 Å². The second kappa shape index (κ2) is 6.66. The Morgan fingerprint density at radius 1 is 1.20 bits per heavy atom. The lowest BCUT2D eigenvalue weighted by atomic mass is 10.1. The van der Waals surface area contributed by atoms with E-state index in [0.717, 1.165) is 12.8 Å². The van der Waals surface area contributed by atoms with Crippen LogP contribution >= 0.6 is 15.9 Å². The molecular formula is C16H15BrFNO. The number of benzene rings is 2. The van der Waals surface area contributed by atoms with Gasteiger partial charge in [0, 0.05) is 11.3 Å². The molecule has 1 amide bonds. The number of hydrogen-bond donors (Lipinski definition) is 1. The Bertz CT molecular complexity index is 610. The van der Waals surface area contributed by atoms with Gasteiger partial charge >= 0.3 is 0 Å². The molecule has 104 valence electrons. The first kappa shape index (κ1) is 14.7. The molecule has 0 aliphatic rings. The van der Waals surface area contributed by atoms with Crippen LogP contribution in [0.4, 0.5) is 10.1 Å². The van der Waals surface area contributed by atoms with Crippen LogP contribution in [0.5, 0.6) is 0 Å². The number of carbonyl (C=O) groups excluding carboxylic acids is 1. The summed E-state index contributed by atoms with van der Waals surface area (Å²) < 4.78 is 13.7. The van der Waals surface area contributed by atoms with Gasteiger partial charge in [0.25, 0.3) is 5.91 Å². The molecule has 20 heavy (non-hydrogen) atoms. The number of rotatable bonds is 4. The maximum absolute atomic E-state index is 13.4. The summed E-state index contributed by atoms with van der Waals surface area (Å²) in [6.07, 6.45) is 2.11. The van der Waals surface area contributed by atoms with E-state index in [1.54, 1.807) is 6.07 Å². The average molecular weight is 336 g/mol. The summed E-state index contributed by atoms with van der Waals surface area (Å²) in [5.74, 6) is -0.768. The van der Waals surface area contributed by atoms with Crippen LogP contribution in [0.25, 0.3) is 0 Å². The molecule has 2 aromatic rings. The van der Waals surface area contributed by atoms with Crippen molar-refractivity contribution in [2.24, 2.45) is 0 Å². The highest BCUT2D eigenvalue weighted by Gasteiger charge is 2.09. The molecule has 1 N–H and O–H groups in total. The summed E-state index contributed by atoms with van der Waals surface area (Å²) in [4.78, 5) is 12.0. The highest BCUT2D eigenvalue weighted by Crippen LogP contribution is 2.18. The zero-order valence-corrected chi connectivity index (χ0v) is 12.7. The lowest BCUT2D eigenvalue weighted by Crippen LogP contribution is -2.12. The van der Waals surface area contributed by atoms with Crippen molar-refractivity contribution in [1.29, 1.82) is 0 Å². The molecule has 0 heterocycles. The number of aryl methyl sites for hydroxylation is 1. The third-order valence-corrected chi connectivity index (χ3v) is 3.58. The molecule has 2 rings (SSSR count). The monoisotopic (exact) mass is 335 g/mol. The highest BCUT2D eigenvalue weighted by atomic mass is 79.9. The van der Waals surface area contributed by atoms with Gasteiger partial charge in [-0.2, -0.15) is 0 Å². The molecule has 2 aromatic carbocycles. The second-order valence-corrected chi connectivity index (χ2v) is 5.38. The van der Waals surface area contributed by atoms with Crippen LogP contribution in [0.15, 0.2) is 46.9 Å². The first-order chi connectivity index (χ1) is 9.60. The molecule has 0 fully saturated rings. The molecule has 0 spiro atoms. The summed E-state index contributed by atoms with van der Waals surface area (Å²) in [6, 6.07) is 12.0. The third kappa shape index (κ3) is 3.67. The number of hydrogen-bond acceptors (Lipinski definition) is 1. The van der Waals surface area contributed by atoms with Crippen molar-refractivity contribution >= 4 is 27.5 Å². The highest BCUT2D eigenvalue weighted by molar-refractivity contribution is 9.10. The van der Waals surface area contributed by atoms with E-state index in [2.05, 4.69) is 28.2 Å². The van der Waals surface area contributed by atoms with Gasteiger partial charge in [-0.05, 0) is 58.2 Å². The molecule has 0 atom stereocenters. The molecule has 4 heteroatoms. The molecule has 0 bridgehead atoms. The van der Waals surface area contributed by atoms with Gasteiger partial charge in [0.1, 0.15) is 5.82 Å². The number of anilines is 1. The quantitative estimate of drug-likeness (QED) is 0.854. The smallest absolute Gasteiger partial charge is 0.255 e. The topological polar surface area (TPSA) is 29.1 Å². The summed E-state index contributed by atoms with van der Waals surface area (Å²) in [7, 11) is 0. The summed E-state index contributed by atoms with van der Waals surface area (Å²) in [6.45, 7) is 2.12. The van der Waals surface area contributed by atoms with Crippen LogP contribution in [0.1, 0.15) is 29.3 Å². The Balaban J connectivity index is 2.08. The van der Waals surface area contributed by atoms with Crippen molar-refractivity contribution < 1.29 is 9.18 Å². The lowest BCUT2D eigenvalue weighted by molar-refractivity contribution is 0.102. The van der Waals surface area contributed by atoms with Crippen molar-refractivity contribution in [2.75, 3.05) is 5.32 Å². The Hall–Kier alpha value is -1.68. The molecule has 2 nitrogen and oxygen atoms in total. The summed E-state index contributed by atoms with van der Waals surface area (Å²) >= 11 is 3.06. The molecule has 0 unspecified atom stereocenters.